The predicted octanol–water partition coefficient (Wildman–Crippen LogP) is 3.83. The minimum Gasteiger partial charge on any atom is -0.506 e. The highest BCUT2D eigenvalue weighted by atomic mass is 79.9. The first-order valence-corrected chi connectivity index (χ1v) is 8.28. The lowest BCUT2D eigenvalue weighted by atomic mass is 9.91. The van der Waals surface area contributed by atoms with Crippen molar-refractivity contribution >= 4 is 21.8 Å². The van der Waals surface area contributed by atoms with E-state index in [0.29, 0.717) is 31.1 Å². The van der Waals surface area contributed by atoms with Gasteiger partial charge in [-0.15, -0.1) is 6.58 Å². The third-order valence-electron chi connectivity index (χ3n) is 4.14. The zero-order valence-corrected chi connectivity index (χ0v) is 14.0. The quantitative estimate of drug-likeness (QED) is 0.765. The minimum absolute atomic E-state index is 0.0955. The summed E-state index contributed by atoms with van der Waals surface area (Å²) in [7, 11) is 0. The molecule has 1 atom stereocenters. The molecular weight excluding hydrogens is 330 g/mol. The summed E-state index contributed by atoms with van der Waals surface area (Å²) in [6.07, 6.45) is 6.06. The number of phenols is 1. The second-order valence-corrected chi connectivity index (χ2v) is 6.33. The molecule has 0 unspecified atom stereocenters. The summed E-state index contributed by atoms with van der Waals surface area (Å²) in [6.45, 7) is 6.34. The molecule has 0 radical (unpaired) electrons. The first kappa shape index (κ1) is 16.1. The van der Waals surface area contributed by atoms with E-state index in [0.717, 1.165) is 29.3 Å². The minimum atomic E-state index is 0.0955. The summed E-state index contributed by atoms with van der Waals surface area (Å²) in [6, 6.07) is 2.03. The van der Waals surface area contributed by atoms with Crippen LogP contribution >= 0.6 is 15.9 Å². The van der Waals surface area contributed by atoms with Crippen LogP contribution in [0, 0.1) is 0 Å². The molecule has 1 aromatic rings. The van der Waals surface area contributed by atoms with Gasteiger partial charge in [0.1, 0.15) is 5.75 Å². The Bertz CT molecular complexity index is 554. The van der Waals surface area contributed by atoms with Crippen molar-refractivity contribution in [3.63, 3.8) is 0 Å². The van der Waals surface area contributed by atoms with Crippen molar-refractivity contribution in [2.45, 2.75) is 44.9 Å². The molecule has 2 N–H and O–H groups in total. The van der Waals surface area contributed by atoms with Gasteiger partial charge in [-0.2, -0.15) is 0 Å². The maximum absolute atomic E-state index is 11.3. The highest BCUT2D eigenvalue weighted by molar-refractivity contribution is 9.10. The van der Waals surface area contributed by atoms with E-state index in [-0.39, 0.29) is 5.91 Å². The molecule has 0 aliphatic heterocycles. The molecule has 3 nitrogen and oxygen atoms in total. The molecule has 1 aromatic carbocycles. The molecule has 114 valence electrons. The summed E-state index contributed by atoms with van der Waals surface area (Å²) in [5.74, 6) is 0.836. The van der Waals surface area contributed by atoms with Crippen LogP contribution in [0.15, 0.2) is 23.2 Å². The Hall–Kier alpha value is -1.29. The SMILES string of the molecule is C=CCc1c(O)c(Br)cc2c1[C@H](CCNC(=O)CC)CC2. The van der Waals surface area contributed by atoms with Gasteiger partial charge in [0, 0.05) is 18.5 Å². The molecule has 0 saturated carbocycles. The molecule has 1 aliphatic carbocycles. The molecule has 0 fully saturated rings. The highest BCUT2D eigenvalue weighted by Gasteiger charge is 2.27. The van der Waals surface area contributed by atoms with E-state index in [1.807, 2.05) is 19.1 Å². The number of fused-ring (bicyclic) bond motifs is 1. The van der Waals surface area contributed by atoms with E-state index in [1.165, 1.54) is 11.1 Å². The van der Waals surface area contributed by atoms with E-state index in [4.69, 9.17) is 0 Å². The van der Waals surface area contributed by atoms with Gasteiger partial charge in [0.2, 0.25) is 5.91 Å². The van der Waals surface area contributed by atoms with Crippen LogP contribution in [-0.4, -0.2) is 17.6 Å². The largest absolute Gasteiger partial charge is 0.506 e. The van der Waals surface area contributed by atoms with Crippen molar-refractivity contribution in [2.75, 3.05) is 6.54 Å². The van der Waals surface area contributed by atoms with Crippen LogP contribution in [0.25, 0.3) is 0 Å². The Balaban J connectivity index is 2.19. The van der Waals surface area contributed by atoms with E-state index >= 15 is 0 Å². The fourth-order valence-electron chi connectivity index (χ4n) is 3.10. The smallest absolute Gasteiger partial charge is 0.219 e. The second kappa shape index (κ2) is 7.12. The molecule has 0 spiro atoms. The zero-order chi connectivity index (χ0) is 15.4. The summed E-state index contributed by atoms with van der Waals surface area (Å²) in [5, 5.41) is 13.2. The van der Waals surface area contributed by atoms with E-state index in [9.17, 15) is 9.90 Å². The molecule has 0 aromatic heterocycles. The third kappa shape index (κ3) is 3.49. The van der Waals surface area contributed by atoms with Crippen molar-refractivity contribution in [3.05, 3.63) is 39.9 Å². The number of phenolic OH excluding ortho intramolecular Hbond substituents is 1. The number of aromatic hydroxyl groups is 1. The van der Waals surface area contributed by atoms with Gasteiger partial charge in [0.15, 0.2) is 0 Å². The third-order valence-corrected chi connectivity index (χ3v) is 4.74. The van der Waals surface area contributed by atoms with E-state index in [1.54, 1.807) is 0 Å². The van der Waals surface area contributed by atoms with E-state index in [2.05, 4.69) is 27.8 Å². The van der Waals surface area contributed by atoms with Crippen LogP contribution in [0.4, 0.5) is 0 Å². The van der Waals surface area contributed by atoms with Crippen molar-refractivity contribution in [3.8, 4) is 5.75 Å². The first-order valence-electron chi connectivity index (χ1n) is 7.49. The standard InChI is InChI=1S/C17H22BrNO2/c1-3-5-13-16-11(8-9-19-15(20)4-2)6-7-12(16)10-14(18)17(13)21/h3,10-11,21H,1,4-9H2,2H3,(H,19,20)/t11-/m0/s1. The van der Waals surface area contributed by atoms with Crippen LogP contribution in [0.2, 0.25) is 0 Å². The van der Waals surface area contributed by atoms with Gasteiger partial charge < -0.3 is 10.4 Å². The summed E-state index contributed by atoms with van der Waals surface area (Å²) < 4.78 is 0.762. The average Bonchev–Trinajstić information content (AvgIpc) is 2.86. The van der Waals surface area contributed by atoms with Gasteiger partial charge in [-0.3, -0.25) is 4.79 Å². The number of amides is 1. The normalized spacial score (nSPS) is 16.6. The molecule has 0 bridgehead atoms. The number of aryl methyl sites for hydroxylation is 1. The number of hydrogen-bond donors (Lipinski definition) is 2. The Labute approximate surface area is 134 Å². The molecular formula is C17H22BrNO2. The molecule has 4 heteroatoms. The average molecular weight is 352 g/mol. The summed E-state index contributed by atoms with van der Waals surface area (Å²) >= 11 is 3.43. The fraction of sp³-hybridized carbons (Fsp3) is 0.471. The van der Waals surface area contributed by atoms with Crippen molar-refractivity contribution < 1.29 is 9.90 Å². The number of rotatable bonds is 6. The Morgan fingerprint density at radius 1 is 1.62 bits per heavy atom. The van der Waals surface area contributed by atoms with Gasteiger partial charge in [-0.05, 0) is 64.7 Å². The molecule has 21 heavy (non-hydrogen) atoms. The lowest BCUT2D eigenvalue weighted by Crippen LogP contribution is -2.24. The van der Waals surface area contributed by atoms with Crippen LogP contribution in [-0.2, 0) is 17.6 Å². The number of halogens is 1. The van der Waals surface area contributed by atoms with E-state index < -0.39 is 0 Å². The van der Waals surface area contributed by atoms with Gasteiger partial charge in [0.25, 0.3) is 0 Å². The molecule has 1 aliphatic rings. The Kier molecular flexibility index (Phi) is 5.45. The van der Waals surface area contributed by atoms with Crippen molar-refractivity contribution in [2.24, 2.45) is 0 Å². The zero-order valence-electron chi connectivity index (χ0n) is 12.4. The lowest BCUT2D eigenvalue weighted by molar-refractivity contribution is -0.120. The summed E-state index contributed by atoms with van der Waals surface area (Å²) in [5.41, 5.74) is 3.56. The van der Waals surface area contributed by atoms with Gasteiger partial charge in [-0.25, -0.2) is 0 Å². The monoisotopic (exact) mass is 351 g/mol. The molecule has 0 heterocycles. The molecule has 0 saturated heterocycles. The lowest BCUT2D eigenvalue weighted by Gasteiger charge is -2.18. The van der Waals surface area contributed by atoms with Crippen LogP contribution in [0.1, 0.15) is 48.8 Å². The van der Waals surface area contributed by atoms with Crippen LogP contribution in [0.3, 0.4) is 0 Å². The van der Waals surface area contributed by atoms with Crippen LogP contribution < -0.4 is 5.32 Å². The Morgan fingerprint density at radius 2 is 2.38 bits per heavy atom. The maximum Gasteiger partial charge on any atom is 0.219 e. The topological polar surface area (TPSA) is 49.3 Å². The fourth-order valence-corrected chi connectivity index (χ4v) is 3.62. The predicted molar refractivity (Wildman–Crippen MR) is 88.7 cm³/mol. The van der Waals surface area contributed by atoms with Gasteiger partial charge in [-0.1, -0.05) is 13.0 Å². The number of nitrogens with one attached hydrogen (secondary N) is 1. The number of benzene rings is 1. The van der Waals surface area contributed by atoms with Crippen molar-refractivity contribution in [1.29, 1.82) is 0 Å². The summed E-state index contributed by atoms with van der Waals surface area (Å²) in [4.78, 5) is 11.3. The Morgan fingerprint density at radius 3 is 3.05 bits per heavy atom. The van der Waals surface area contributed by atoms with Gasteiger partial charge in [0.05, 0.1) is 4.47 Å². The number of carbonyl (C=O) groups excluding carboxylic acids is 1. The molecule has 1 amide bonds. The maximum atomic E-state index is 11.3. The highest BCUT2D eigenvalue weighted by Crippen LogP contribution is 2.44. The van der Waals surface area contributed by atoms with Crippen LogP contribution in [0.5, 0.6) is 5.75 Å². The molecule has 2 rings (SSSR count). The second-order valence-electron chi connectivity index (χ2n) is 5.48. The van der Waals surface area contributed by atoms with Gasteiger partial charge >= 0.3 is 0 Å². The number of allylic oxidation sites excluding steroid dienone is 1. The number of carbonyl (C=O) groups is 1. The van der Waals surface area contributed by atoms with Crippen molar-refractivity contribution in [1.82, 2.24) is 5.32 Å². The first-order chi connectivity index (χ1) is 10.1. The number of hydrogen-bond acceptors (Lipinski definition) is 2.